The SMILES string of the molecule is CC[C@H](NC(=O)[C@@H](NC(=O)[C@H](Cc1c[nH]c2ccccc12)NC(=O)OCc1ccccc1)C(C)C)[C@@H](O)CC(=O)N[C@@H](C)C(=O)NC(CC(C)C)[C@@H](O)CC(=O)OC. The second-order valence-corrected chi connectivity index (χ2v) is 15.2. The fourth-order valence-electron chi connectivity index (χ4n) is 6.39. The summed E-state index contributed by atoms with van der Waals surface area (Å²) in [5, 5.41) is 35.9. The highest BCUT2D eigenvalue weighted by atomic mass is 16.5. The maximum absolute atomic E-state index is 13.9. The molecule has 0 radical (unpaired) electrons. The molecule has 16 nitrogen and oxygen atoms in total. The number of para-hydroxylation sites is 1. The summed E-state index contributed by atoms with van der Waals surface area (Å²) in [5.74, 6) is -3.51. The van der Waals surface area contributed by atoms with Crippen molar-refractivity contribution < 1.29 is 48.5 Å². The third-order valence-corrected chi connectivity index (χ3v) is 9.69. The van der Waals surface area contributed by atoms with E-state index in [1.165, 1.54) is 14.0 Å². The highest BCUT2D eigenvalue weighted by molar-refractivity contribution is 5.93. The zero-order valence-corrected chi connectivity index (χ0v) is 34.4. The van der Waals surface area contributed by atoms with Gasteiger partial charge in [-0.25, -0.2) is 4.79 Å². The van der Waals surface area contributed by atoms with Crippen molar-refractivity contribution in [3.63, 3.8) is 0 Å². The molecule has 0 spiro atoms. The van der Waals surface area contributed by atoms with E-state index in [0.29, 0.717) is 6.42 Å². The van der Waals surface area contributed by atoms with Crippen molar-refractivity contribution in [2.45, 2.75) is 123 Å². The summed E-state index contributed by atoms with van der Waals surface area (Å²) >= 11 is 0. The highest BCUT2D eigenvalue weighted by Gasteiger charge is 2.33. The average molecular weight is 809 g/mol. The van der Waals surface area contributed by atoms with Gasteiger partial charge in [-0.15, -0.1) is 0 Å². The van der Waals surface area contributed by atoms with Gasteiger partial charge in [-0.2, -0.15) is 0 Å². The van der Waals surface area contributed by atoms with Gasteiger partial charge in [-0.1, -0.05) is 83.1 Å². The molecular formula is C42H60N6O10. The molecule has 58 heavy (non-hydrogen) atoms. The van der Waals surface area contributed by atoms with Crippen molar-refractivity contribution in [2.75, 3.05) is 7.11 Å². The molecule has 1 heterocycles. The number of nitrogens with one attached hydrogen (secondary N) is 6. The number of hydrogen-bond acceptors (Lipinski definition) is 10. The Balaban J connectivity index is 1.65. The van der Waals surface area contributed by atoms with E-state index in [-0.39, 0.29) is 31.8 Å². The first-order valence-corrected chi connectivity index (χ1v) is 19.7. The summed E-state index contributed by atoms with van der Waals surface area (Å²) in [5.41, 5.74) is 2.37. The molecule has 0 saturated heterocycles. The van der Waals surface area contributed by atoms with E-state index >= 15 is 0 Å². The van der Waals surface area contributed by atoms with Crippen LogP contribution in [0.15, 0.2) is 60.8 Å². The lowest BCUT2D eigenvalue weighted by molar-refractivity contribution is -0.144. The summed E-state index contributed by atoms with van der Waals surface area (Å²) < 4.78 is 10.0. The minimum absolute atomic E-state index is 0.0165. The second-order valence-electron chi connectivity index (χ2n) is 15.2. The predicted molar refractivity (Wildman–Crippen MR) is 217 cm³/mol. The van der Waals surface area contributed by atoms with Crippen LogP contribution in [0.4, 0.5) is 4.79 Å². The number of rotatable bonds is 22. The zero-order valence-electron chi connectivity index (χ0n) is 34.4. The first kappa shape index (κ1) is 46.9. The minimum Gasteiger partial charge on any atom is -0.469 e. The Hall–Kier alpha value is -5.48. The lowest BCUT2D eigenvalue weighted by Gasteiger charge is -2.29. The Kier molecular flexibility index (Phi) is 18.6. The van der Waals surface area contributed by atoms with Crippen LogP contribution in [-0.2, 0) is 46.5 Å². The molecule has 5 amide bonds. The van der Waals surface area contributed by atoms with Gasteiger partial charge in [0.2, 0.25) is 23.6 Å². The first-order chi connectivity index (χ1) is 27.5. The number of aliphatic hydroxyl groups excluding tert-OH is 2. The quantitative estimate of drug-likeness (QED) is 0.0691. The van der Waals surface area contributed by atoms with Crippen LogP contribution in [-0.4, -0.2) is 100 Å². The molecule has 0 bridgehead atoms. The van der Waals surface area contributed by atoms with Crippen LogP contribution < -0.4 is 26.6 Å². The number of benzene rings is 2. The standard InChI is InChI=1S/C42H60N6O10/c1-8-30(34(49)20-36(51)44-26(6)39(53)46-32(18-24(2)3)35(50)21-37(52)57-7)45-41(55)38(25(4)5)48-40(54)33(19-28-22-43-31-17-13-12-16-29(28)31)47-42(56)58-23-27-14-10-9-11-15-27/h9-17,22,24-26,30,32-35,38,43,49-50H,8,18-21,23H2,1-7H3,(H,44,51)(H,45,55)(H,46,53)(H,47,56)(H,48,54)/t26-,30-,32?,33-,34-,35-,38-/m0/s1. The number of aromatic nitrogens is 1. The number of ether oxygens (including phenoxy) is 2. The van der Waals surface area contributed by atoms with Crippen LogP contribution in [0.25, 0.3) is 10.9 Å². The van der Waals surface area contributed by atoms with Crippen LogP contribution in [0.2, 0.25) is 0 Å². The van der Waals surface area contributed by atoms with Crippen LogP contribution >= 0.6 is 0 Å². The Labute approximate surface area is 339 Å². The topological polar surface area (TPSA) is 237 Å². The molecule has 3 aromatic rings. The fraction of sp³-hybridized carbons (Fsp3) is 0.524. The number of alkyl carbamates (subject to hydrolysis) is 1. The van der Waals surface area contributed by atoms with Gasteiger partial charge in [-0.3, -0.25) is 24.0 Å². The van der Waals surface area contributed by atoms with E-state index in [2.05, 4.69) is 36.3 Å². The van der Waals surface area contributed by atoms with E-state index in [4.69, 9.17) is 4.74 Å². The highest BCUT2D eigenvalue weighted by Crippen LogP contribution is 2.20. The van der Waals surface area contributed by atoms with Crippen molar-refractivity contribution in [2.24, 2.45) is 11.8 Å². The number of methoxy groups -OCH3 is 1. The average Bonchev–Trinajstić information content (AvgIpc) is 3.59. The number of H-pyrrole nitrogens is 1. The van der Waals surface area contributed by atoms with Gasteiger partial charge in [0.15, 0.2) is 0 Å². The van der Waals surface area contributed by atoms with Gasteiger partial charge < -0.3 is 51.3 Å². The minimum atomic E-state index is -1.36. The lowest BCUT2D eigenvalue weighted by atomic mass is 9.97. The lowest BCUT2D eigenvalue weighted by Crippen LogP contribution is -2.58. The van der Waals surface area contributed by atoms with Crippen molar-refractivity contribution in [1.29, 1.82) is 0 Å². The molecule has 318 valence electrons. The van der Waals surface area contributed by atoms with Gasteiger partial charge in [0.1, 0.15) is 24.7 Å². The summed E-state index contributed by atoms with van der Waals surface area (Å²) in [4.78, 5) is 81.4. The van der Waals surface area contributed by atoms with E-state index in [9.17, 15) is 39.0 Å². The molecule has 7 atom stereocenters. The van der Waals surface area contributed by atoms with Crippen molar-refractivity contribution in [3.05, 3.63) is 71.9 Å². The van der Waals surface area contributed by atoms with Crippen molar-refractivity contribution in [3.8, 4) is 0 Å². The Morgan fingerprint density at radius 2 is 1.38 bits per heavy atom. The molecule has 0 fully saturated rings. The number of esters is 1. The number of carbonyl (C=O) groups is 6. The summed E-state index contributed by atoms with van der Waals surface area (Å²) in [6.45, 7) is 10.4. The van der Waals surface area contributed by atoms with Gasteiger partial charge in [0, 0.05) is 23.5 Å². The number of aliphatic hydroxyl groups is 2. The largest absolute Gasteiger partial charge is 0.469 e. The van der Waals surface area contributed by atoms with Crippen LogP contribution in [0.1, 0.15) is 78.4 Å². The van der Waals surface area contributed by atoms with Gasteiger partial charge in [-0.05, 0) is 48.8 Å². The molecule has 0 saturated carbocycles. The molecule has 1 unspecified atom stereocenters. The number of fused-ring (bicyclic) bond motifs is 1. The van der Waals surface area contributed by atoms with Gasteiger partial charge in [0.05, 0.1) is 44.2 Å². The molecule has 0 aliphatic heterocycles. The molecule has 8 N–H and O–H groups in total. The Morgan fingerprint density at radius 3 is 2.02 bits per heavy atom. The Bertz CT molecular complexity index is 1820. The maximum Gasteiger partial charge on any atom is 0.408 e. The number of carbonyl (C=O) groups excluding carboxylic acids is 6. The summed E-state index contributed by atoms with van der Waals surface area (Å²) in [6.07, 6.45) is -1.75. The number of aromatic amines is 1. The molecule has 16 heteroatoms. The smallest absolute Gasteiger partial charge is 0.408 e. The Morgan fingerprint density at radius 1 is 0.741 bits per heavy atom. The predicted octanol–water partition coefficient (Wildman–Crippen LogP) is 2.75. The van der Waals surface area contributed by atoms with Crippen LogP contribution in [0.3, 0.4) is 0 Å². The normalized spacial score (nSPS) is 14.9. The van der Waals surface area contributed by atoms with Crippen molar-refractivity contribution in [1.82, 2.24) is 31.6 Å². The number of amides is 5. The monoisotopic (exact) mass is 808 g/mol. The molecule has 0 aliphatic carbocycles. The zero-order chi connectivity index (χ0) is 42.9. The molecule has 1 aromatic heterocycles. The summed E-state index contributed by atoms with van der Waals surface area (Å²) in [7, 11) is 1.20. The third kappa shape index (κ3) is 14.8. The van der Waals surface area contributed by atoms with Crippen molar-refractivity contribution >= 4 is 46.6 Å². The number of hydrogen-bond donors (Lipinski definition) is 8. The summed E-state index contributed by atoms with van der Waals surface area (Å²) in [6, 6.07) is 11.6. The molecule has 2 aromatic carbocycles. The fourth-order valence-corrected chi connectivity index (χ4v) is 6.39. The van der Waals surface area contributed by atoms with Gasteiger partial charge in [0.25, 0.3) is 0 Å². The van der Waals surface area contributed by atoms with Crippen LogP contribution in [0, 0.1) is 11.8 Å². The van der Waals surface area contributed by atoms with E-state index in [1.54, 1.807) is 39.1 Å². The molecular weight excluding hydrogens is 748 g/mol. The van der Waals surface area contributed by atoms with E-state index in [0.717, 1.165) is 22.0 Å². The van der Waals surface area contributed by atoms with Gasteiger partial charge >= 0.3 is 12.1 Å². The molecule has 0 aliphatic rings. The molecule has 3 rings (SSSR count). The van der Waals surface area contributed by atoms with E-state index < -0.39 is 90.4 Å². The first-order valence-electron chi connectivity index (χ1n) is 19.7. The maximum atomic E-state index is 13.9. The van der Waals surface area contributed by atoms with Crippen LogP contribution in [0.5, 0.6) is 0 Å². The third-order valence-electron chi connectivity index (χ3n) is 9.69. The van der Waals surface area contributed by atoms with E-state index in [1.807, 2.05) is 56.3 Å². The second kappa shape index (κ2) is 23.1.